The number of anilines is 1. The number of hydrogen-bond acceptors (Lipinski definition) is 24. The monoisotopic (exact) mass is 1540 g/mol. The Labute approximate surface area is 632 Å². The zero-order valence-corrected chi connectivity index (χ0v) is 63.2. The maximum atomic E-state index is 13.8. The van der Waals surface area contributed by atoms with Gasteiger partial charge in [0.05, 0.1) is 24.3 Å². The third kappa shape index (κ3) is 27.8. The summed E-state index contributed by atoms with van der Waals surface area (Å²) in [7, 11) is 2.73. The molecule has 4 saturated heterocycles. The average Bonchev–Trinajstić information content (AvgIpc) is 1.09. The number of likely N-dealkylation sites (tertiary alicyclic amines) is 1. The number of benzene rings is 1. The Morgan fingerprint density at radius 2 is 1.26 bits per heavy atom. The first-order valence-corrected chi connectivity index (χ1v) is 37.7. The van der Waals surface area contributed by atoms with Gasteiger partial charge in [-0.1, -0.05) is 104 Å². The topological polar surface area (TPSA) is 521 Å². The van der Waals surface area contributed by atoms with Crippen molar-refractivity contribution in [3.63, 3.8) is 0 Å². The molecule has 11 amide bonds. The molecule has 109 heavy (non-hydrogen) atoms. The highest BCUT2D eigenvalue weighted by atomic mass is 16.6. The Bertz CT molecular complexity index is 3450. The number of amides is 11. The number of carbonyl (C=O) groups is 10. The van der Waals surface area contributed by atoms with Crippen LogP contribution in [0.3, 0.4) is 0 Å². The molecule has 4 fully saturated rings. The van der Waals surface area contributed by atoms with Crippen molar-refractivity contribution in [2.24, 2.45) is 17.6 Å². The molecule has 6 rings (SSSR count). The molecule has 2 aromatic rings. The first-order valence-electron chi connectivity index (χ1n) is 37.7. The zero-order valence-electron chi connectivity index (χ0n) is 63.2. The summed E-state index contributed by atoms with van der Waals surface area (Å²) in [4.78, 5) is 159. The van der Waals surface area contributed by atoms with Crippen molar-refractivity contribution in [2.75, 3.05) is 52.2 Å². The summed E-state index contributed by atoms with van der Waals surface area (Å²) in [5.74, 6) is -3.31. The third-order valence-electron chi connectivity index (χ3n) is 19.7. The number of ether oxygens (including phenoxy) is 5. The number of likely N-dealkylation sites (N-methyl/N-ethyl adjacent to an activating group) is 2. The van der Waals surface area contributed by atoms with Gasteiger partial charge in [-0.15, -0.1) is 0 Å². The lowest BCUT2D eigenvalue weighted by atomic mass is 9.82. The van der Waals surface area contributed by atoms with Crippen LogP contribution in [-0.2, 0) is 63.9 Å². The fourth-order valence-corrected chi connectivity index (χ4v) is 13.3. The first kappa shape index (κ1) is 89.4. The van der Waals surface area contributed by atoms with Crippen LogP contribution in [0.4, 0.5) is 20.1 Å². The Morgan fingerprint density at radius 3 is 1.86 bits per heavy atom. The molecule has 36 heteroatoms. The molecule has 16 N–H and O–H groups in total. The maximum Gasteiger partial charge on any atom is 0.409 e. The lowest BCUT2D eigenvalue weighted by Gasteiger charge is -2.51. The predicted molar refractivity (Wildman–Crippen MR) is 391 cm³/mol. The van der Waals surface area contributed by atoms with Gasteiger partial charge < -0.3 is 107 Å². The summed E-state index contributed by atoms with van der Waals surface area (Å²) in [6.45, 7) is 8.05. The molecular weight excluding hydrogens is 1430 g/mol. The Morgan fingerprint density at radius 1 is 0.670 bits per heavy atom. The van der Waals surface area contributed by atoms with Gasteiger partial charge >= 0.3 is 23.9 Å². The van der Waals surface area contributed by atoms with Crippen molar-refractivity contribution < 1.29 is 107 Å². The van der Waals surface area contributed by atoms with Crippen molar-refractivity contribution in [1.82, 2.24) is 50.8 Å². The molecule has 5 heterocycles. The van der Waals surface area contributed by atoms with E-state index in [-0.39, 0.29) is 76.7 Å². The number of nitrogens with one attached hydrogen (secondary N) is 7. The zero-order chi connectivity index (χ0) is 80.2. The summed E-state index contributed by atoms with van der Waals surface area (Å²) in [5, 5.41) is 96.5. The molecule has 1 aromatic carbocycles. The number of hydrogen-bond donors (Lipinski definition) is 15. The number of aliphatic hydroxyl groups is 7. The lowest BCUT2D eigenvalue weighted by molar-refractivity contribution is -0.265. The number of H-pyrrole nitrogens is 1. The SMILES string of the molecule is CC(=O)N[C@H]1C([C@@H]2O[C@H](C[C@@H](O)[C@H]3O[C@@H](n4ccc(=O)[nH]c4=O)[C@H](O)[C@@H]3O)[C@H](O)[C@H](O)[C@H]2NC(=O)/C=C\CCCCCCCCCCC(C)C)O[C@H](COC(=O)N(C)CCN(C)C(=O)OCc2ccc(NC(=O)C(CCCNC(N)=O)NC(=O)C(NC(=O)CCCCCN3C(=O)CCC3=O)C(C)C)cc2)[C@@H](O)[C@@H]1O. The summed E-state index contributed by atoms with van der Waals surface area (Å²) in [6, 6.07) is 0.967. The highest BCUT2D eigenvalue weighted by Crippen LogP contribution is 2.37. The van der Waals surface area contributed by atoms with Crippen molar-refractivity contribution in [3.05, 3.63) is 75.1 Å². The van der Waals surface area contributed by atoms with Crippen LogP contribution >= 0.6 is 0 Å². The van der Waals surface area contributed by atoms with Gasteiger partial charge in [-0.2, -0.15) is 0 Å². The van der Waals surface area contributed by atoms with E-state index < -0.39 is 182 Å². The highest BCUT2D eigenvalue weighted by molar-refractivity contribution is 6.02. The van der Waals surface area contributed by atoms with Crippen LogP contribution < -0.4 is 48.9 Å². The van der Waals surface area contributed by atoms with E-state index in [0.717, 1.165) is 65.7 Å². The van der Waals surface area contributed by atoms with Crippen LogP contribution in [-0.4, -0.2) is 264 Å². The van der Waals surface area contributed by atoms with Crippen molar-refractivity contribution in [2.45, 2.75) is 267 Å². The quantitative estimate of drug-likeness (QED) is 0.0237. The number of carbonyl (C=O) groups excluding carboxylic acids is 10. The van der Waals surface area contributed by atoms with Gasteiger partial charge in [0.2, 0.25) is 41.4 Å². The molecule has 3 unspecified atom stereocenters. The second-order valence-corrected chi connectivity index (χ2v) is 29.2. The fraction of sp³-hybridized carbons (Fsp3) is 0.699. The van der Waals surface area contributed by atoms with Crippen molar-refractivity contribution in [3.8, 4) is 0 Å². The average molecular weight is 1540 g/mol. The number of primary amides is 1. The number of aromatic amines is 1. The van der Waals surface area contributed by atoms with Gasteiger partial charge in [0.1, 0.15) is 86.3 Å². The number of urea groups is 1. The number of imide groups is 1. The molecule has 0 bridgehead atoms. The Balaban J connectivity index is 1.04. The third-order valence-corrected chi connectivity index (χ3v) is 19.7. The molecule has 610 valence electrons. The van der Waals surface area contributed by atoms with Crippen LogP contribution in [0.5, 0.6) is 0 Å². The number of allylic oxidation sites excluding steroid dienone is 1. The van der Waals surface area contributed by atoms with Gasteiger partial charge in [-0.05, 0) is 74.1 Å². The Hall–Kier alpha value is -8.46. The minimum atomic E-state index is -1.98. The molecule has 36 nitrogen and oxygen atoms in total. The van der Waals surface area contributed by atoms with Crippen molar-refractivity contribution in [1.29, 1.82) is 0 Å². The predicted octanol–water partition coefficient (Wildman–Crippen LogP) is 0.0469. The van der Waals surface area contributed by atoms with E-state index in [0.29, 0.717) is 42.9 Å². The molecule has 4 aliphatic heterocycles. The lowest BCUT2D eigenvalue weighted by Crippen LogP contribution is -2.73. The molecule has 0 aliphatic carbocycles. The van der Waals surface area contributed by atoms with Gasteiger partial charge in [0.25, 0.3) is 5.56 Å². The molecule has 0 radical (unpaired) electrons. The van der Waals surface area contributed by atoms with Gasteiger partial charge in [-0.3, -0.25) is 52.8 Å². The van der Waals surface area contributed by atoms with Crippen LogP contribution in [0, 0.1) is 11.8 Å². The molecule has 4 aliphatic rings. The summed E-state index contributed by atoms with van der Waals surface area (Å²) in [5.41, 5.74) is 4.24. The number of nitrogens with two attached hydrogens (primary N) is 1. The second-order valence-electron chi connectivity index (χ2n) is 29.2. The molecule has 0 saturated carbocycles. The van der Waals surface area contributed by atoms with Crippen LogP contribution in [0.25, 0.3) is 0 Å². The molecular formula is C73H114N12O24. The smallest absolute Gasteiger partial charge is 0.409 e. The van der Waals surface area contributed by atoms with E-state index in [2.05, 4.69) is 45.7 Å². The largest absolute Gasteiger partial charge is 0.447 e. The van der Waals surface area contributed by atoms with E-state index in [1.54, 1.807) is 32.1 Å². The van der Waals surface area contributed by atoms with Gasteiger partial charge in [-0.25, -0.2) is 19.2 Å². The number of rotatable bonds is 42. The fourth-order valence-electron chi connectivity index (χ4n) is 13.3. The van der Waals surface area contributed by atoms with E-state index in [1.165, 1.54) is 62.9 Å². The molecule has 0 spiro atoms. The first-order chi connectivity index (χ1) is 51.8. The standard InChI is InChI=1S/C73H114N12O24/c1-41(2)22-17-14-12-10-8-9-11-13-15-18-24-51(89)80-57-61(96)58(93)48(38-47(87)64-62(97)63(98)69(109-64)85-35-32-52(90)81-71(85)102)107-66(57)65-56(76-43(5)86)60(95)59(94)49(108-65)40-106-73(104)83(7)37-36-82(6)72(103)105-39-44-26-28-45(29-27-44)77-67(99)46(23-21-33-75-70(74)101)78-68(100)55(42(3)4)79-50(88)25-19-16-20-34-84-53(91)30-31-54(84)92/h18,24,26-29,32,35,41-42,46-49,55-66,69,87,93-98H,8-17,19-23,25,30-31,33-34,36-40H2,1-7H3,(H,76,86)(H,77,99)(H,78,100)(H,79,88)(H,80,89)(H3,74,75,101)(H,81,90,102)/b24-18-/t46?,47-,48-,49-,55?,56-,57-,58+,59-,60-,61-,62+,63-,64-,65?,66-,69-/m1/s1. The maximum absolute atomic E-state index is 13.8. The Kier molecular flexibility index (Phi) is 36.4. The van der Waals surface area contributed by atoms with E-state index in [1.807, 2.05) is 4.98 Å². The molecule has 1 aromatic heterocycles. The van der Waals surface area contributed by atoms with Crippen LogP contribution in [0.15, 0.2) is 58.3 Å². The van der Waals surface area contributed by atoms with Gasteiger partial charge in [0, 0.05) is 90.8 Å². The normalized spacial score (nSPS) is 25.0. The summed E-state index contributed by atoms with van der Waals surface area (Å²) < 4.78 is 30.3. The minimum Gasteiger partial charge on any atom is -0.447 e. The minimum absolute atomic E-state index is 0.0564. The van der Waals surface area contributed by atoms with Crippen LogP contribution in [0.1, 0.15) is 168 Å². The highest BCUT2D eigenvalue weighted by Gasteiger charge is 2.57. The second kappa shape index (κ2) is 44.4. The summed E-state index contributed by atoms with van der Waals surface area (Å²) in [6.07, 6.45) is -9.49. The summed E-state index contributed by atoms with van der Waals surface area (Å²) >= 11 is 0. The molecule has 17 atom stereocenters. The number of nitrogens with zero attached hydrogens (tertiary/aromatic N) is 4. The van der Waals surface area contributed by atoms with Gasteiger partial charge in [0.15, 0.2) is 6.23 Å². The number of unbranched alkanes of at least 4 members (excludes halogenated alkanes) is 10. The van der Waals surface area contributed by atoms with E-state index >= 15 is 0 Å². The van der Waals surface area contributed by atoms with Crippen LogP contribution in [0.2, 0.25) is 0 Å². The number of aromatic nitrogens is 2. The van der Waals surface area contributed by atoms with Crippen molar-refractivity contribution >= 4 is 65.3 Å². The number of aliphatic hydroxyl groups excluding tert-OH is 7. The van der Waals surface area contributed by atoms with E-state index in [9.17, 15) is 93.3 Å². The van der Waals surface area contributed by atoms with E-state index in [4.69, 9.17) is 29.4 Å².